The van der Waals surface area contributed by atoms with Crippen molar-refractivity contribution < 1.29 is 26.4 Å². The van der Waals surface area contributed by atoms with E-state index < -0.39 is 27.5 Å². The van der Waals surface area contributed by atoms with Crippen molar-refractivity contribution in [3.05, 3.63) is 78.1 Å². The fraction of sp³-hybridized carbons (Fsp3) is 0.250. The summed E-state index contributed by atoms with van der Waals surface area (Å²) < 4.78 is 66.6. The first-order chi connectivity index (χ1) is 18.9. The normalized spacial score (nSPS) is 14.9. The number of aromatic nitrogens is 2. The van der Waals surface area contributed by atoms with E-state index in [1.54, 1.807) is 36.4 Å². The van der Waals surface area contributed by atoms with Crippen molar-refractivity contribution in [3.8, 4) is 22.4 Å². The summed E-state index contributed by atoms with van der Waals surface area (Å²) in [5, 5.41) is 0.594. The summed E-state index contributed by atoms with van der Waals surface area (Å²) in [5.41, 5.74) is 1.36. The number of hydrogen-bond acceptors (Lipinski definition) is 6. The molecule has 1 amide bonds. The Morgan fingerprint density at radius 1 is 0.900 bits per heavy atom. The molecule has 1 saturated heterocycles. The number of alkyl halides is 3. The number of carbonyl (C=O) groups is 1. The molecule has 1 aliphatic heterocycles. The molecule has 12 heteroatoms. The zero-order valence-corrected chi connectivity index (χ0v) is 22.6. The molecule has 2 heterocycles. The zero-order valence-electron chi connectivity index (χ0n) is 21.7. The highest BCUT2D eigenvalue weighted by Gasteiger charge is 2.34. The van der Waals surface area contributed by atoms with E-state index in [1.165, 1.54) is 12.4 Å². The predicted octanol–water partition coefficient (Wildman–Crippen LogP) is 4.74. The van der Waals surface area contributed by atoms with Crippen LogP contribution in [0.1, 0.15) is 15.9 Å². The van der Waals surface area contributed by atoms with E-state index in [2.05, 4.69) is 14.9 Å². The summed E-state index contributed by atoms with van der Waals surface area (Å²) in [6.45, 7) is 2.87. The number of amides is 1. The van der Waals surface area contributed by atoms with Crippen LogP contribution < -0.4 is 4.72 Å². The minimum atomic E-state index is -4.79. The van der Waals surface area contributed by atoms with Crippen molar-refractivity contribution in [2.45, 2.75) is 6.18 Å². The van der Waals surface area contributed by atoms with Crippen LogP contribution in [0.25, 0.3) is 33.3 Å². The van der Waals surface area contributed by atoms with E-state index in [1.807, 2.05) is 22.7 Å². The molecule has 4 aromatic rings. The van der Waals surface area contributed by atoms with Gasteiger partial charge in [-0.25, -0.2) is 18.4 Å². The Kier molecular flexibility index (Phi) is 7.23. The van der Waals surface area contributed by atoms with Gasteiger partial charge in [-0.05, 0) is 54.6 Å². The monoisotopic (exact) mass is 569 g/mol. The molecule has 1 N–H and O–H groups in total. The van der Waals surface area contributed by atoms with Gasteiger partial charge in [-0.15, -0.1) is 0 Å². The van der Waals surface area contributed by atoms with Crippen LogP contribution in [0, 0.1) is 0 Å². The van der Waals surface area contributed by atoms with Gasteiger partial charge in [-0.1, -0.05) is 24.3 Å². The number of sulfonamides is 1. The number of anilines is 1. The quantitative estimate of drug-likeness (QED) is 0.373. The van der Waals surface area contributed by atoms with Crippen LogP contribution in [0.4, 0.5) is 18.9 Å². The van der Waals surface area contributed by atoms with E-state index >= 15 is 0 Å². The number of likely N-dealkylation sites (N-methyl/N-ethyl adjacent to an activating group) is 1. The molecule has 8 nitrogen and oxygen atoms in total. The fourth-order valence-corrected chi connectivity index (χ4v) is 5.28. The number of benzene rings is 3. The number of rotatable bonds is 5. The maximum absolute atomic E-state index is 13.8. The van der Waals surface area contributed by atoms with Gasteiger partial charge < -0.3 is 9.80 Å². The van der Waals surface area contributed by atoms with E-state index in [0.29, 0.717) is 46.4 Å². The van der Waals surface area contributed by atoms with Gasteiger partial charge in [-0.3, -0.25) is 9.52 Å². The molecule has 1 aromatic heterocycles. The van der Waals surface area contributed by atoms with Crippen molar-refractivity contribution in [3.63, 3.8) is 0 Å². The number of carbonyl (C=O) groups excluding carboxylic acids is 1. The third-order valence-electron chi connectivity index (χ3n) is 6.76. The molecule has 0 spiro atoms. The maximum atomic E-state index is 13.8. The minimum absolute atomic E-state index is 0.0727. The van der Waals surface area contributed by atoms with Crippen molar-refractivity contribution in [1.82, 2.24) is 19.8 Å². The van der Waals surface area contributed by atoms with Crippen LogP contribution in [0.5, 0.6) is 0 Å². The highest BCUT2D eigenvalue weighted by Crippen LogP contribution is 2.39. The molecule has 0 aliphatic carbocycles. The number of halogens is 3. The summed E-state index contributed by atoms with van der Waals surface area (Å²) in [4.78, 5) is 25.9. The Morgan fingerprint density at radius 3 is 2.30 bits per heavy atom. The number of nitrogens with one attached hydrogen (secondary N) is 1. The smallest absolute Gasteiger partial charge is 0.336 e. The first-order valence-corrected chi connectivity index (χ1v) is 14.3. The molecule has 0 unspecified atom stereocenters. The second-order valence-electron chi connectivity index (χ2n) is 9.76. The van der Waals surface area contributed by atoms with Crippen LogP contribution in [0.2, 0.25) is 0 Å². The van der Waals surface area contributed by atoms with Gasteiger partial charge in [0.25, 0.3) is 5.91 Å². The van der Waals surface area contributed by atoms with Crippen LogP contribution in [-0.2, 0) is 16.2 Å². The Hall–Kier alpha value is -4.03. The molecule has 1 fully saturated rings. The molecule has 1 aliphatic rings. The maximum Gasteiger partial charge on any atom is 0.418 e. The molecular weight excluding hydrogens is 543 g/mol. The summed E-state index contributed by atoms with van der Waals surface area (Å²) >= 11 is 0. The number of nitrogens with zero attached hydrogens (tertiary/aromatic N) is 4. The third kappa shape index (κ3) is 5.92. The highest BCUT2D eigenvalue weighted by atomic mass is 32.2. The van der Waals surface area contributed by atoms with Gasteiger partial charge in [0, 0.05) is 42.7 Å². The lowest BCUT2D eigenvalue weighted by molar-refractivity contribution is -0.136. The topological polar surface area (TPSA) is 95.5 Å². The fourth-order valence-electron chi connectivity index (χ4n) is 4.70. The Bertz CT molecular complexity index is 1700. The minimum Gasteiger partial charge on any atom is -0.336 e. The van der Waals surface area contributed by atoms with E-state index in [4.69, 9.17) is 0 Å². The van der Waals surface area contributed by atoms with Crippen LogP contribution in [-0.4, -0.2) is 73.6 Å². The van der Waals surface area contributed by atoms with Gasteiger partial charge >= 0.3 is 6.18 Å². The number of fused-ring (bicyclic) bond motifs is 1. The van der Waals surface area contributed by atoms with Crippen LogP contribution in [0.3, 0.4) is 0 Å². The van der Waals surface area contributed by atoms with Gasteiger partial charge in [0.1, 0.15) is 6.33 Å². The summed E-state index contributed by atoms with van der Waals surface area (Å²) in [7, 11) is -1.90. The lowest BCUT2D eigenvalue weighted by Crippen LogP contribution is -2.47. The number of hydrogen-bond donors (Lipinski definition) is 1. The van der Waals surface area contributed by atoms with Crippen molar-refractivity contribution >= 4 is 32.5 Å². The molecule has 208 valence electrons. The second-order valence-corrected chi connectivity index (χ2v) is 11.5. The molecular formula is C28H26F3N5O3S. The first kappa shape index (κ1) is 27.5. The van der Waals surface area contributed by atoms with E-state index in [9.17, 15) is 26.4 Å². The Morgan fingerprint density at radius 2 is 1.60 bits per heavy atom. The van der Waals surface area contributed by atoms with Gasteiger partial charge in [0.05, 0.1) is 28.7 Å². The third-order valence-corrected chi connectivity index (χ3v) is 7.35. The standard InChI is InChI=1S/C28H26F3N5O3S/c1-35-10-12-36(13-11-35)27(37)21-5-3-4-20(14-21)26-22-15-18(6-8-24(22)32-17-33-26)19-7-9-25(34-40(2,38)39)23(16-19)28(29,30)31/h3-9,14-17,34H,10-13H2,1-2H3. The molecule has 5 rings (SSSR count). The lowest BCUT2D eigenvalue weighted by Gasteiger charge is -2.32. The van der Waals surface area contributed by atoms with Crippen LogP contribution >= 0.6 is 0 Å². The average Bonchev–Trinajstić information content (AvgIpc) is 2.91. The second kappa shape index (κ2) is 10.5. The highest BCUT2D eigenvalue weighted by molar-refractivity contribution is 7.92. The molecule has 0 radical (unpaired) electrons. The van der Waals surface area contributed by atoms with Gasteiger partial charge in [-0.2, -0.15) is 13.2 Å². The molecule has 3 aromatic carbocycles. The summed E-state index contributed by atoms with van der Waals surface area (Å²) in [6, 6.07) is 15.6. The molecule has 0 bridgehead atoms. The number of piperazine rings is 1. The SMILES string of the molecule is CN1CCN(C(=O)c2cccc(-c3ncnc4ccc(-c5ccc(NS(C)(=O)=O)c(C(F)(F)F)c5)cc34)c2)CC1. The molecule has 0 saturated carbocycles. The Labute approximate surface area is 229 Å². The van der Waals surface area contributed by atoms with Gasteiger partial charge in [0.2, 0.25) is 10.0 Å². The Balaban J connectivity index is 1.55. The van der Waals surface area contributed by atoms with E-state index in [0.717, 1.165) is 31.5 Å². The summed E-state index contributed by atoms with van der Waals surface area (Å²) in [5.74, 6) is -0.0727. The lowest BCUT2D eigenvalue weighted by atomic mass is 9.97. The molecule has 0 atom stereocenters. The largest absolute Gasteiger partial charge is 0.418 e. The average molecular weight is 570 g/mol. The van der Waals surface area contributed by atoms with Crippen molar-refractivity contribution in [2.75, 3.05) is 44.2 Å². The van der Waals surface area contributed by atoms with Crippen molar-refractivity contribution in [1.29, 1.82) is 0 Å². The van der Waals surface area contributed by atoms with Gasteiger partial charge in [0.15, 0.2) is 0 Å². The zero-order chi connectivity index (χ0) is 28.7. The first-order valence-electron chi connectivity index (χ1n) is 12.4. The van der Waals surface area contributed by atoms with Crippen LogP contribution in [0.15, 0.2) is 67.0 Å². The summed E-state index contributed by atoms with van der Waals surface area (Å²) in [6.07, 6.45) is -2.59. The van der Waals surface area contributed by atoms with Crippen molar-refractivity contribution in [2.24, 2.45) is 0 Å². The van der Waals surface area contributed by atoms with E-state index in [-0.39, 0.29) is 11.5 Å². The predicted molar refractivity (Wildman–Crippen MR) is 147 cm³/mol. The molecule has 40 heavy (non-hydrogen) atoms.